The highest BCUT2D eigenvalue weighted by molar-refractivity contribution is 6.00. The van der Waals surface area contributed by atoms with E-state index in [1.165, 1.54) is 7.11 Å². The third kappa shape index (κ3) is 3.04. The van der Waals surface area contributed by atoms with Gasteiger partial charge in [0.05, 0.1) is 31.1 Å². The van der Waals surface area contributed by atoms with Crippen molar-refractivity contribution < 1.29 is 9.47 Å². The van der Waals surface area contributed by atoms with Crippen LogP contribution in [0.4, 0.5) is 11.8 Å². The van der Waals surface area contributed by atoms with Crippen LogP contribution in [0, 0.1) is 0 Å². The van der Waals surface area contributed by atoms with Crippen molar-refractivity contribution in [2.45, 2.75) is 25.8 Å². The molecule has 144 valence electrons. The minimum absolute atomic E-state index is 0.259. The number of methoxy groups -OCH3 is 2. The molecule has 4 rings (SSSR count). The number of allylic oxidation sites excluding steroid dienone is 2. The molecule has 28 heavy (non-hydrogen) atoms. The number of nitrogens with zero attached hydrogens (tertiary/aromatic N) is 6. The van der Waals surface area contributed by atoms with E-state index >= 15 is 0 Å². The number of fused-ring (bicyclic) bond motifs is 2. The molecule has 4 heterocycles. The fraction of sp³-hybridized carbons (Fsp3) is 0.316. The average Bonchev–Trinajstić information content (AvgIpc) is 2.72. The number of nitrogens with two attached hydrogens (primary N) is 1. The normalized spacial score (nSPS) is 18.3. The molecule has 2 aliphatic rings. The molecule has 0 radical (unpaired) electrons. The zero-order valence-electron chi connectivity index (χ0n) is 16.0. The van der Waals surface area contributed by atoms with E-state index in [0.29, 0.717) is 11.7 Å². The first-order valence-electron chi connectivity index (χ1n) is 8.99. The lowest BCUT2D eigenvalue weighted by Crippen LogP contribution is -2.44. The Hall–Kier alpha value is -3.49. The van der Waals surface area contributed by atoms with Gasteiger partial charge in [-0.05, 0) is 30.7 Å². The zero-order valence-corrected chi connectivity index (χ0v) is 16.0. The predicted molar refractivity (Wildman–Crippen MR) is 108 cm³/mol. The lowest BCUT2D eigenvalue weighted by Gasteiger charge is -2.33. The molecule has 0 saturated carbocycles. The van der Waals surface area contributed by atoms with Crippen LogP contribution in [0.25, 0.3) is 11.0 Å². The summed E-state index contributed by atoms with van der Waals surface area (Å²) in [5.41, 5.74) is 8.91. The van der Waals surface area contributed by atoms with Crippen LogP contribution in [-0.2, 0) is 15.9 Å². The summed E-state index contributed by atoms with van der Waals surface area (Å²) in [5, 5.41) is 0. The van der Waals surface area contributed by atoms with Crippen molar-refractivity contribution in [3.05, 3.63) is 41.9 Å². The molecular weight excluding hydrogens is 358 g/mol. The molecule has 2 N–H and O–H groups in total. The minimum atomic E-state index is -0.330. The highest BCUT2D eigenvalue weighted by Gasteiger charge is 2.34. The van der Waals surface area contributed by atoms with Crippen LogP contribution in [-0.4, -0.2) is 47.1 Å². The van der Waals surface area contributed by atoms with Crippen molar-refractivity contribution >= 4 is 34.7 Å². The van der Waals surface area contributed by atoms with Gasteiger partial charge >= 0.3 is 6.02 Å². The Morgan fingerprint density at radius 2 is 1.96 bits per heavy atom. The van der Waals surface area contributed by atoms with Crippen LogP contribution in [0.15, 0.2) is 46.2 Å². The smallest absolute Gasteiger partial charge is 0.319 e. The van der Waals surface area contributed by atoms with Crippen LogP contribution in [0.3, 0.4) is 0 Å². The van der Waals surface area contributed by atoms with Crippen molar-refractivity contribution in [1.82, 2.24) is 15.0 Å². The molecule has 2 aromatic heterocycles. The molecular formula is C19H21N7O2. The van der Waals surface area contributed by atoms with E-state index in [9.17, 15) is 0 Å². The third-order valence-electron chi connectivity index (χ3n) is 4.50. The van der Waals surface area contributed by atoms with Crippen LogP contribution < -0.4 is 10.6 Å². The summed E-state index contributed by atoms with van der Waals surface area (Å²) >= 11 is 0. The zero-order chi connectivity index (χ0) is 19.7. The molecule has 0 bridgehead atoms. The van der Waals surface area contributed by atoms with E-state index in [0.717, 1.165) is 35.3 Å². The van der Waals surface area contributed by atoms with Crippen molar-refractivity contribution in [3.8, 4) is 0 Å². The van der Waals surface area contributed by atoms with Gasteiger partial charge in [0, 0.05) is 6.20 Å². The third-order valence-corrected chi connectivity index (χ3v) is 4.50. The van der Waals surface area contributed by atoms with E-state index in [2.05, 4.69) is 26.9 Å². The van der Waals surface area contributed by atoms with Crippen LogP contribution in [0.1, 0.15) is 19.0 Å². The highest BCUT2D eigenvalue weighted by atomic mass is 16.5. The number of anilines is 2. The van der Waals surface area contributed by atoms with Gasteiger partial charge in [0.15, 0.2) is 6.04 Å². The maximum atomic E-state index is 5.85. The first kappa shape index (κ1) is 17.9. The monoisotopic (exact) mass is 379 g/mol. The summed E-state index contributed by atoms with van der Waals surface area (Å²) in [6.45, 7) is 2.09. The van der Waals surface area contributed by atoms with Crippen molar-refractivity contribution in [3.63, 3.8) is 0 Å². The largest absolute Gasteiger partial charge is 0.482 e. The van der Waals surface area contributed by atoms with Gasteiger partial charge in [-0.2, -0.15) is 9.98 Å². The molecule has 0 aromatic carbocycles. The summed E-state index contributed by atoms with van der Waals surface area (Å²) in [6, 6.07) is 3.72. The van der Waals surface area contributed by atoms with Gasteiger partial charge in [-0.15, -0.1) is 0 Å². The Balaban J connectivity index is 1.80. The molecule has 0 amide bonds. The van der Waals surface area contributed by atoms with E-state index < -0.39 is 0 Å². The van der Waals surface area contributed by atoms with E-state index in [1.54, 1.807) is 7.11 Å². The fourth-order valence-corrected chi connectivity index (χ4v) is 3.28. The Bertz CT molecular complexity index is 1040. The van der Waals surface area contributed by atoms with Crippen LogP contribution in [0.2, 0.25) is 0 Å². The summed E-state index contributed by atoms with van der Waals surface area (Å²) in [4.78, 5) is 24.3. The Kier molecular flexibility index (Phi) is 4.64. The number of hydrogen-bond acceptors (Lipinski definition) is 9. The number of ether oxygens (including phenoxy) is 2. The van der Waals surface area contributed by atoms with Gasteiger partial charge in [0.1, 0.15) is 11.3 Å². The van der Waals surface area contributed by atoms with E-state index in [4.69, 9.17) is 20.2 Å². The summed E-state index contributed by atoms with van der Waals surface area (Å²) in [7, 11) is 3.11. The second kappa shape index (κ2) is 7.26. The first-order valence-corrected chi connectivity index (χ1v) is 8.99. The summed E-state index contributed by atoms with van der Waals surface area (Å²) < 4.78 is 10.7. The number of rotatable bonds is 3. The van der Waals surface area contributed by atoms with Crippen molar-refractivity contribution in [2.75, 3.05) is 24.9 Å². The second-order valence-corrected chi connectivity index (χ2v) is 6.31. The lowest BCUT2D eigenvalue weighted by atomic mass is 10.1. The van der Waals surface area contributed by atoms with Gasteiger partial charge < -0.3 is 20.1 Å². The van der Waals surface area contributed by atoms with Crippen molar-refractivity contribution in [1.29, 1.82) is 0 Å². The van der Waals surface area contributed by atoms with Gasteiger partial charge in [0.25, 0.3) is 0 Å². The second-order valence-electron chi connectivity index (χ2n) is 6.31. The summed E-state index contributed by atoms with van der Waals surface area (Å²) in [6.07, 6.45) is 7.44. The van der Waals surface area contributed by atoms with Gasteiger partial charge in [0.2, 0.25) is 11.8 Å². The Morgan fingerprint density at radius 1 is 1.11 bits per heavy atom. The number of aryl methyl sites for hydroxylation is 1. The number of nitrogen functional groups attached to an aromatic ring is 1. The molecule has 1 unspecified atom stereocenters. The van der Waals surface area contributed by atoms with Crippen LogP contribution in [0.5, 0.6) is 0 Å². The SMILES string of the molecule is CCCc1nc(N)nc2ccc(N3C=CC=C4N=C(OC)N=C(OC)C43)nc12. The van der Waals surface area contributed by atoms with Crippen molar-refractivity contribution in [2.24, 2.45) is 9.98 Å². The maximum Gasteiger partial charge on any atom is 0.319 e. The predicted octanol–water partition coefficient (Wildman–Crippen LogP) is 2.21. The number of amidine groups is 1. The molecule has 9 heteroatoms. The first-order chi connectivity index (χ1) is 13.6. The molecule has 0 saturated heterocycles. The molecule has 9 nitrogen and oxygen atoms in total. The molecule has 0 fully saturated rings. The maximum absolute atomic E-state index is 5.85. The fourth-order valence-electron chi connectivity index (χ4n) is 3.28. The number of aromatic nitrogens is 3. The molecule has 1 atom stereocenters. The van der Waals surface area contributed by atoms with Gasteiger partial charge in [-0.25, -0.2) is 15.0 Å². The number of pyridine rings is 1. The number of aliphatic imine (C=N–C) groups is 2. The molecule has 2 aliphatic heterocycles. The summed E-state index contributed by atoms with van der Waals surface area (Å²) in [5.74, 6) is 1.45. The molecule has 2 aromatic rings. The average molecular weight is 379 g/mol. The quantitative estimate of drug-likeness (QED) is 0.870. The lowest BCUT2D eigenvalue weighted by molar-refractivity contribution is 0.366. The Morgan fingerprint density at radius 3 is 2.71 bits per heavy atom. The van der Waals surface area contributed by atoms with Gasteiger partial charge in [-0.1, -0.05) is 13.3 Å². The Labute approximate surface area is 162 Å². The van der Waals surface area contributed by atoms with E-state index in [-0.39, 0.29) is 18.0 Å². The molecule has 0 spiro atoms. The minimum Gasteiger partial charge on any atom is -0.482 e. The van der Waals surface area contributed by atoms with Crippen LogP contribution >= 0.6 is 0 Å². The van der Waals surface area contributed by atoms with Gasteiger partial charge in [-0.3, -0.25) is 0 Å². The highest BCUT2D eigenvalue weighted by Crippen LogP contribution is 2.29. The molecule has 0 aliphatic carbocycles. The standard InChI is InChI=1S/C19H21N7O2/c1-4-6-11-15-12(22-18(20)21-11)8-9-14(24-15)26-10-5-7-13-16(26)17(27-2)25-19(23-13)28-3/h5,7-10,16H,4,6H2,1-3H3,(H2,20,21,22). The topological polar surface area (TPSA) is 111 Å². The number of hydrogen-bond donors (Lipinski definition) is 1. The van der Waals surface area contributed by atoms with E-state index in [1.807, 2.05) is 35.4 Å².